The number of aromatic nitrogens is 2. The van der Waals surface area contributed by atoms with Gasteiger partial charge in [0.15, 0.2) is 0 Å². The second-order valence-electron chi connectivity index (χ2n) is 6.55. The molecule has 1 fully saturated rings. The highest BCUT2D eigenvalue weighted by Gasteiger charge is 2.21. The van der Waals surface area contributed by atoms with Crippen LogP contribution in [0.5, 0.6) is 0 Å². The minimum atomic E-state index is -0.367. The molecule has 0 bridgehead atoms. The summed E-state index contributed by atoms with van der Waals surface area (Å²) in [5, 5.41) is 7.52. The third-order valence-electron chi connectivity index (χ3n) is 4.68. The molecule has 1 aliphatic carbocycles. The molecule has 0 saturated heterocycles. The van der Waals surface area contributed by atoms with Crippen molar-refractivity contribution in [3.63, 3.8) is 0 Å². The van der Waals surface area contributed by atoms with Gasteiger partial charge in [-0.2, -0.15) is 0 Å². The van der Waals surface area contributed by atoms with Crippen LogP contribution in [-0.4, -0.2) is 42.3 Å². The highest BCUT2D eigenvalue weighted by atomic mass is 35.5. The van der Waals surface area contributed by atoms with Crippen LogP contribution in [0.3, 0.4) is 0 Å². The highest BCUT2D eigenvalue weighted by molar-refractivity contribution is 6.33. The first-order valence-corrected chi connectivity index (χ1v) is 9.30. The van der Waals surface area contributed by atoms with Crippen molar-refractivity contribution in [2.24, 2.45) is 0 Å². The molecule has 1 saturated carbocycles. The molecule has 0 spiro atoms. The van der Waals surface area contributed by atoms with Gasteiger partial charge >= 0.3 is 0 Å². The van der Waals surface area contributed by atoms with Crippen molar-refractivity contribution in [2.75, 3.05) is 25.6 Å². The number of hydrogen-bond acceptors (Lipinski definition) is 5. The van der Waals surface area contributed by atoms with E-state index in [4.69, 9.17) is 16.3 Å². The number of hydrogen-bond donors (Lipinski definition) is 2. The fraction of sp³-hybridized carbons (Fsp3) is 0.474. The van der Waals surface area contributed by atoms with Crippen LogP contribution in [-0.2, 0) is 4.74 Å². The third-order valence-corrected chi connectivity index (χ3v) is 4.98. The summed E-state index contributed by atoms with van der Waals surface area (Å²) in [5.41, 5.74) is 1.38. The van der Waals surface area contributed by atoms with Gasteiger partial charge in [-0.25, -0.2) is 9.37 Å². The number of nitrogens with zero attached hydrogens (tertiary/aromatic N) is 2. The maximum Gasteiger partial charge on any atom is 0.141 e. The van der Waals surface area contributed by atoms with Crippen molar-refractivity contribution in [1.82, 2.24) is 15.3 Å². The lowest BCUT2D eigenvalue weighted by Gasteiger charge is -2.30. The van der Waals surface area contributed by atoms with Crippen LogP contribution < -0.4 is 10.6 Å². The van der Waals surface area contributed by atoms with Gasteiger partial charge in [-0.1, -0.05) is 11.6 Å². The van der Waals surface area contributed by atoms with Gasteiger partial charge in [0.05, 0.1) is 23.5 Å². The molecule has 0 radical (unpaired) electrons. The number of halogens is 2. The second-order valence-corrected chi connectivity index (χ2v) is 6.96. The van der Waals surface area contributed by atoms with Crippen LogP contribution in [0, 0.1) is 5.82 Å². The summed E-state index contributed by atoms with van der Waals surface area (Å²) in [5.74, 6) is 0.402. The van der Waals surface area contributed by atoms with Crippen LogP contribution in [0.4, 0.5) is 10.2 Å². The van der Waals surface area contributed by atoms with E-state index in [9.17, 15) is 4.39 Å². The van der Waals surface area contributed by atoms with Gasteiger partial charge in [0.25, 0.3) is 0 Å². The zero-order valence-corrected chi connectivity index (χ0v) is 15.6. The summed E-state index contributed by atoms with van der Waals surface area (Å²) >= 11 is 6.25. The molecule has 2 aromatic heterocycles. The smallest absolute Gasteiger partial charge is 0.141 e. The minimum Gasteiger partial charge on any atom is -0.383 e. The van der Waals surface area contributed by atoms with Gasteiger partial charge in [-0.3, -0.25) is 4.98 Å². The van der Waals surface area contributed by atoms with E-state index in [2.05, 4.69) is 20.6 Å². The largest absolute Gasteiger partial charge is 0.383 e. The Labute approximate surface area is 158 Å². The van der Waals surface area contributed by atoms with Crippen molar-refractivity contribution in [3.05, 3.63) is 41.4 Å². The second kappa shape index (κ2) is 9.26. The Balaban J connectivity index is 1.59. The Kier molecular flexibility index (Phi) is 6.77. The Hall–Kier alpha value is -1.76. The molecule has 5 nitrogen and oxygen atoms in total. The van der Waals surface area contributed by atoms with Gasteiger partial charge < -0.3 is 15.4 Å². The van der Waals surface area contributed by atoms with Gasteiger partial charge in [-0.05, 0) is 43.9 Å². The summed E-state index contributed by atoms with van der Waals surface area (Å²) in [6, 6.07) is 5.82. The standard InChI is InChI=1S/C19H24ClFN4O/c1-26-9-8-22-14-3-5-15(6-4-14)25-19-10-16(17(20)12-24-19)18-7-2-13(21)11-23-18/h2,7,10-12,14-15,22H,3-6,8-9H2,1H3,(H,24,25). The van der Waals surface area contributed by atoms with Crippen LogP contribution in [0.15, 0.2) is 30.6 Å². The molecule has 0 aliphatic heterocycles. The number of pyridine rings is 2. The quantitative estimate of drug-likeness (QED) is 0.716. The molecule has 0 aromatic carbocycles. The van der Waals surface area contributed by atoms with Gasteiger partial charge in [0.2, 0.25) is 0 Å². The van der Waals surface area contributed by atoms with E-state index >= 15 is 0 Å². The number of anilines is 1. The molecule has 140 valence electrons. The summed E-state index contributed by atoms with van der Waals surface area (Å²) in [6.45, 7) is 1.64. The molecule has 3 rings (SSSR count). The summed E-state index contributed by atoms with van der Waals surface area (Å²) in [7, 11) is 1.72. The zero-order valence-electron chi connectivity index (χ0n) is 14.8. The Morgan fingerprint density at radius 1 is 1.15 bits per heavy atom. The van der Waals surface area contributed by atoms with E-state index in [0.29, 0.717) is 22.8 Å². The lowest BCUT2D eigenvalue weighted by molar-refractivity contribution is 0.191. The molecule has 2 N–H and O–H groups in total. The van der Waals surface area contributed by atoms with E-state index in [0.717, 1.165) is 50.2 Å². The van der Waals surface area contributed by atoms with E-state index in [1.807, 2.05) is 6.07 Å². The lowest BCUT2D eigenvalue weighted by atomic mass is 9.91. The van der Waals surface area contributed by atoms with E-state index in [1.54, 1.807) is 19.4 Å². The summed E-state index contributed by atoms with van der Waals surface area (Å²) in [6.07, 6.45) is 7.22. The topological polar surface area (TPSA) is 59.1 Å². The molecular formula is C19H24ClFN4O. The molecule has 7 heteroatoms. The first kappa shape index (κ1) is 19.0. The predicted octanol–water partition coefficient (Wildman–Crippen LogP) is 3.90. The first-order valence-electron chi connectivity index (χ1n) is 8.92. The van der Waals surface area contributed by atoms with Crippen LogP contribution in [0.1, 0.15) is 25.7 Å². The van der Waals surface area contributed by atoms with Gasteiger partial charge in [-0.15, -0.1) is 0 Å². The van der Waals surface area contributed by atoms with E-state index in [-0.39, 0.29) is 5.82 Å². The Bertz CT molecular complexity index is 705. The molecule has 0 unspecified atom stereocenters. The van der Waals surface area contributed by atoms with Crippen molar-refractivity contribution < 1.29 is 9.13 Å². The molecule has 2 heterocycles. The highest BCUT2D eigenvalue weighted by Crippen LogP contribution is 2.29. The third kappa shape index (κ3) is 5.13. The van der Waals surface area contributed by atoms with E-state index < -0.39 is 0 Å². The number of methoxy groups -OCH3 is 1. The van der Waals surface area contributed by atoms with Gasteiger partial charge in [0, 0.05) is 37.5 Å². The molecule has 2 aromatic rings. The average molecular weight is 379 g/mol. The van der Waals surface area contributed by atoms with Crippen molar-refractivity contribution in [2.45, 2.75) is 37.8 Å². The maximum atomic E-state index is 13.1. The Morgan fingerprint density at radius 3 is 2.62 bits per heavy atom. The van der Waals surface area contributed by atoms with Crippen molar-refractivity contribution in [1.29, 1.82) is 0 Å². The van der Waals surface area contributed by atoms with Crippen molar-refractivity contribution >= 4 is 17.4 Å². The fourth-order valence-electron chi connectivity index (χ4n) is 3.27. The monoisotopic (exact) mass is 378 g/mol. The zero-order chi connectivity index (χ0) is 18.4. The molecule has 0 atom stereocenters. The van der Waals surface area contributed by atoms with Crippen LogP contribution in [0.25, 0.3) is 11.3 Å². The van der Waals surface area contributed by atoms with Crippen molar-refractivity contribution in [3.8, 4) is 11.3 Å². The number of ether oxygens (including phenoxy) is 1. The predicted molar refractivity (Wildman–Crippen MR) is 102 cm³/mol. The van der Waals surface area contributed by atoms with Crippen LogP contribution in [0.2, 0.25) is 5.02 Å². The number of rotatable bonds is 7. The van der Waals surface area contributed by atoms with E-state index in [1.165, 1.54) is 12.3 Å². The average Bonchev–Trinajstić information content (AvgIpc) is 2.66. The fourth-order valence-corrected chi connectivity index (χ4v) is 3.47. The number of nitrogens with one attached hydrogen (secondary N) is 2. The summed E-state index contributed by atoms with van der Waals surface area (Å²) < 4.78 is 18.2. The summed E-state index contributed by atoms with van der Waals surface area (Å²) in [4.78, 5) is 8.49. The molecule has 0 amide bonds. The maximum absolute atomic E-state index is 13.1. The molecular weight excluding hydrogens is 355 g/mol. The molecule has 1 aliphatic rings. The SMILES string of the molecule is COCCNC1CCC(Nc2cc(-c3ccc(F)cn3)c(Cl)cn2)CC1. The Morgan fingerprint density at radius 2 is 1.92 bits per heavy atom. The lowest BCUT2D eigenvalue weighted by Crippen LogP contribution is -2.38. The minimum absolute atomic E-state index is 0.367. The normalized spacial score (nSPS) is 20.1. The van der Waals surface area contributed by atoms with Gasteiger partial charge in [0.1, 0.15) is 11.6 Å². The van der Waals surface area contributed by atoms with Crippen LogP contribution >= 0.6 is 11.6 Å². The molecule has 26 heavy (non-hydrogen) atoms. The first-order chi connectivity index (χ1) is 12.7.